The van der Waals surface area contributed by atoms with E-state index in [0.29, 0.717) is 37.2 Å². The average Bonchev–Trinajstić information content (AvgIpc) is 3.40. The lowest BCUT2D eigenvalue weighted by Crippen LogP contribution is -2.46. The first-order valence-electron chi connectivity index (χ1n) is 15.0. The minimum Gasteiger partial charge on any atom is -0.387 e. The molecule has 0 spiro atoms. The molecule has 45 heavy (non-hydrogen) atoms. The fourth-order valence-electron chi connectivity index (χ4n) is 4.98. The molecule has 0 bridgehead atoms. The number of rotatable bonds is 13. The van der Waals surface area contributed by atoms with Gasteiger partial charge in [-0.25, -0.2) is 8.78 Å². The summed E-state index contributed by atoms with van der Waals surface area (Å²) in [5.74, 6) is -1.85. The predicted octanol–water partition coefficient (Wildman–Crippen LogP) is 4.24. The second-order valence-electron chi connectivity index (χ2n) is 12.2. The maximum absolute atomic E-state index is 14.9. The van der Waals surface area contributed by atoms with Crippen LogP contribution in [0.4, 0.5) is 8.78 Å². The molecule has 3 amide bonds. The number of hydrogen-bond donors (Lipinski definition) is 4. The normalized spacial score (nSPS) is 12.5. The first-order chi connectivity index (χ1) is 21.2. The average molecular weight is 628 g/mol. The third-order valence-electron chi connectivity index (χ3n) is 7.25. The molecular weight excluding hydrogens is 580 g/mol. The Bertz CT molecular complexity index is 1390. The van der Waals surface area contributed by atoms with Crippen LogP contribution in [0.5, 0.6) is 0 Å². The number of aromatic nitrogens is 1. The molecule has 5 N–H and O–H groups in total. The summed E-state index contributed by atoms with van der Waals surface area (Å²) in [4.78, 5) is 36.2. The Morgan fingerprint density at radius 1 is 1.09 bits per heavy atom. The van der Waals surface area contributed by atoms with Gasteiger partial charge in [0.15, 0.2) is 0 Å². The smallest absolute Gasteiger partial charge is 0.248 e. The summed E-state index contributed by atoms with van der Waals surface area (Å²) in [6, 6.07) is 13.7. The lowest BCUT2D eigenvalue weighted by atomic mass is 9.83. The molecule has 9 nitrogen and oxygen atoms in total. The van der Waals surface area contributed by atoms with Crippen LogP contribution in [0, 0.1) is 23.0 Å². The zero-order valence-electron chi connectivity index (χ0n) is 27.0. The van der Waals surface area contributed by atoms with Gasteiger partial charge in [0.1, 0.15) is 18.2 Å². The summed E-state index contributed by atoms with van der Waals surface area (Å²) in [7, 11) is 1.56. The number of aliphatic hydroxyl groups is 1. The van der Waals surface area contributed by atoms with Crippen molar-refractivity contribution >= 4 is 18.2 Å². The van der Waals surface area contributed by atoms with Gasteiger partial charge < -0.3 is 30.9 Å². The maximum atomic E-state index is 14.9. The third kappa shape index (κ3) is 10.8. The Hall–Kier alpha value is -4.09. The van der Waals surface area contributed by atoms with E-state index < -0.39 is 41.6 Å². The van der Waals surface area contributed by atoms with Gasteiger partial charge in [0.05, 0.1) is 12.1 Å². The molecule has 1 aromatic heterocycles. The summed E-state index contributed by atoms with van der Waals surface area (Å²) >= 11 is 0. The molecule has 3 aromatic rings. The number of hydrogen-bond acceptors (Lipinski definition) is 5. The van der Waals surface area contributed by atoms with Crippen LogP contribution in [0.25, 0.3) is 11.1 Å². The molecule has 0 saturated carbocycles. The van der Waals surface area contributed by atoms with Gasteiger partial charge in [0.2, 0.25) is 18.2 Å². The predicted molar refractivity (Wildman–Crippen MR) is 172 cm³/mol. The molecule has 2 unspecified atom stereocenters. The van der Waals surface area contributed by atoms with Crippen molar-refractivity contribution in [3.63, 3.8) is 0 Å². The minimum atomic E-state index is -0.693. The molecular formula is C34H47F2N5O4. The van der Waals surface area contributed by atoms with Gasteiger partial charge >= 0.3 is 0 Å². The molecule has 0 aliphatic heterocycles. The second kappa shape index (κ2) is 17.4. The summed E-state index contributed by atoms with van der Waals surface area (Å²) in [5.41, 5.74) is 7.73. The molecule has 0 aliphatic carbocycles. The van der Waals surface area contributed by atoms with Crippen LogP contribution >= 0.6 is 0 Å². The van der Waals surface area contributed by atoms with Crippen molar-refractivity contribution < 1.29 is 28.3 Å². The van der Waals surface area contributed by atoms with Gasteiger partial charge in [-0.3, -0.25) is 14.4 Å². The van der Waals surface area contributed by atoms with Crippen molar-refractivity contribution in [2.75, 3.05) is 26.7 Å². The van der Waals surface area contributed by atoms with E-state index in [9.17, 15) is 23.5 Å². The molecule has 1 heterocycles. The van der Waals surface area contributed by atoms with E-state index in [-0.39, 0.29) is 23.9 Å². The van der Waals surface area contributed by atoms with Gasteiger partial charge in [-0.2, -0.15) is 0 Å². The Labute approximate surface area is 264 Å². The first-order valence-corrected chi connectivity index (χ1v) is 15.0. The van der Waals surface area contributed by atoms with Gasteiger partial charge in [0, 0.05) is 49.7 Å². The van der Waals surface area contributed by atoms with E-state index in [1.165, 1.54) is 0 Å². The molecule has 246 valence electrons. The number of benzene rings is 2. The van der Waals surface area contributed by atoms with E-state index in [0.717, 1.165) is 23.8 Å². The molecule has 2 atom stereocenters. The Balaban J connectivity index is 0.00000166. The lowest BCUT2D eigenvalue weighted by Gasteiger charge is -2.41. The number of carbonyl (C=O) groups is 3. The highest BCUT2D eigenvalue weighted by atomic mass is 19.1. The molecule has 0 radical (unpaired) electrons. The molecule has 0 saturated heterocycles. The molecule has 2 aromatic carbocycles. The largest absolute Gasteiger partial charge is 0.387 e. The van der Waals surface area contributed by atoms with Crippen LogP contribution in [-0.2, 0) is 20.9 Å². The van der Waals surface area contributed by atoms with E-state index in [1.807, 2.05) is 69.5 Å². The van der Waals surface area contributed by atoms with E-state index in [4.69, 9.17) is 10.5 Å². The number of nitrogens with one attached hydrogen (secondary N) is 2. The lowest BCUT2D eigenvalue weighted by molar-refractivity contribution is -0.139. The van der Waals surface area contributed by atoms with Crippen molar-refractivity contribution in [1.29, 1.82) is 0 Å². The monoisotopic (exact) mass is 627 g/mol. The fraction of sp³-hybridized carbons (Fsp3) is 0.441. The van der Waals surface area contributed by atoms with Crippen molar-refractivity contribution in [2.45, 2.75) is 59.7 Å². The van der Waals surface area contributed by atoms with E-state index in [2.05, 4.69) is 10.6 Å². The number of carbonyl (C=O) groups excluding carboxylic acids is 3. The molecule has 0 aliphatic rings. The second-order valence-corrected chi connectivity index (χ2v) is 12.2. The minimum absolute atomic E-state index is 0.0118. The van der Waals surface area contributed by atoms with Crippen molar-refractivity contribution in [1.82, 2.24) is 20.1 Å². The van der Waals surface area contributed by atoms with Crippen LogP contribution in [-0.4, -0.2) is 65.6 Å². The van der Waals surface area contributed by atoms with Gasteiger partial charge in [-0.1, -0.05) is 65.0 Å². The van der Waals surface area contributed by atoms with Crippen LogP contribution in [0.2, 0.25) is 0 Å². The van der Waals surface area contributed by atoms with Crippen LogP contribution in [0.1, 0.15) is 58.3 Å². The Morgan fingerprint density at radius 3 is 2.29 bits per heavy atom. The van der Waals surface area contributed by atoms with Crippen LogP contribution in [0.3, 0.4) is 0 Å². The Morgan fingerprint density at radius 2 is 1.73 bits per heavy atom. The number of aliphatic hydroxyl groups excluding tert-OH is 1. The van der Waals surface area contributed by atoms with Crippen molar-refractivity contribution in [2.24, 2.45) is 17.1 Å². The van der Waals surface area contributed by atoms with Crippen LogP contribution < -0.4 is 16.4 Å². The highest BCUT2D eigenvalue weighted by Crippen LogP contribution is 2.41. The number of nitrogens with zero attached hydrogens (tertiary/aromatic N) is 2. The topological polar surface area (TPSA) is 130 Å². The maximum Gasteiger partial charge on any atom is 0.248 e. The van der Waals surface area contributed by atoms with Gasteiger partial charge in [-0.15, -0.1) is 0 Å². The van der Waals surface area contributed by atoms with Crippen LogP contribution in [0.15, 0.2) is 60.8 Å². The van der Waals surface area contributed by atoms with Gasteiger partial charge in [0.25, 0.3) is 0 Å². The standard InChI is InChI=1S/C32H42F2N4O3.C2H5NO/c1-21(2)29(35)31(41)36-14-9-15-38(28(40)20-39)30(32(3,4)5)27-16-23(25-17-24(33)12-13-26(25)34)19-37(27)18-22-10-7-6-8-11-22;1-3-2-4/h6-8,10-13,16-17,19,21,29-30,39H,9,14-15,18,20,35H2,1-5H3,(H,36,41);2H,1H3,(H,3,4). The zero-order chi connectivity index (χ0) is 33.7. The summed E-state index contributed by atoms with van der Waals surface area (Å²) < 4.78 is 31.0. The number of halogens is 2. The Kier molecular flexibility index (Phi) is 14.4. The molecule has 0 fully saturated rings. The third-order valence-corrected chi connectivity index (χ3v) is 7.25. The molecule has 3 rings (SSSR count). The highest BCUT2D eigenvalue weighted by molar-refractivity contribution is 5.81. The zero-order valence-corrected chi connectivity index (χ0v) is 27.0. The number of amides is 3. The highest BCUT2D eigenvalue weighted by Gasteiger charge is 2.37. The summed E-state index contributed by atoms with van der Waals surface area (Å²) in [6.07, 6.45) is 2.83. The van der Waals surface area contributed by atoms with E-state index >= 15 is 0 Å². The number of nitrogens with two attached hydrogens (primary N) is 1. The SMILES string of the molecule is CC(C)C(N)C(=O)NCCCN(C(=O)CO)C(c1cc(-c2cc(F)ccc2F)cn1Cc1ccccc1)C(C)(C)C.CNC=O. The van der Waals surface area contributed by atoms with Gasteiger partial charge in [-0.05, 0) is 47.6 Å². The first kappa shape index (κ1) is 37.1. The quantitative estimate of drug-likeness (QED) is 0.166. The van der Waals surface area contributed by atoms with E-state index in [1.54, 1.807) is 24.2 Å². The summed E-state index contributed by atoms with van der Waals surface area (Å²) in [6.45, 7) is 9.99. The van der Waals surface area contributed by atoms with Crippen molar-refractivity contribution in [3.05, 3.63) is 83.7 Å². The molecule has 11 heteroatoms. The van der Waals surface area contributed by atoms with Crippen molar-refractivity contribution in [3.8, 4) is 11.1 Å². The fourth-order valence-corrected chi connectivity index (χ4v) is 4.98. The summed E-state index contributed by atoms with van der Waals surface area (Å²) in [5, 5.41) is 15.0.